The van der Waals surface area contributed by atoms with Crippen LogP contribution in [0.3, 0.4) is 0 Å². The molecule has 0 spiro atoms. The number of nitrogens with one attached hydrogen (secondary N) is 2. The van der Waals surface area contributed by atoms with Gasteiger partial charge in [0.15, 0.2) is 0 Å². The minimum absolute atomic E-state index is 0.289. The maximum atomic E-state index is 12.3. The summed E-state index contributed by atoms with van der Waals surface area (Å²) in [5.41, 5.74) is 2.90. The van der Waals surface area contributed by atoms with Gasteiger partial charge in [0.05, 0.1) is 4.90 Å². The Labute approximate surface area is 116 Å². The van der Waals surface area contributed by atoms with Crippen LogP contribution in [-0.2, 0) is 16.6 Å². The van der Waals surface area contributed by atoms with Crippen LogP contribution < -0.4 is 10.0 Å². The Morgan fingerprint density at radius 2 is 1.79 bits per heavy atom. The van der Waals surface area contributed by atoms with Gasteiger partial charge in [0.2, 0.25) is 10.0 Å². The summed E-state index contributed by atoms with van der Waals surface area (Å²) >= 11 is 0. The molecule has 0 atom stereocenters. The van der Waals surface area contributed by atoms with E-state index in [1.165, 1.54) is 0 Å². The number of aryl methyl sites for hydroxylation is 2. The van der Waals surface area contributed by atoms with Crippen LogP contribution in [-0.4, -0.2) is 22.0 Å². The molecule has 0 saturated carbocycles. The van der Waals surface area contributed by atoms with E-state index in [-0.39, 0.29) is 5.92 Å². The van der Waals surface area contributed by atoms with Crippen LogP contribution >= 0.6 is 0 Å². The first-order valence-corrected chi connectivity index (χ1v) is 8.00. The van der Waals surface area contributed by atoms with E-state index in [2.05, 4.69) is 10.0 Å². The maximum Gasteiger partial charge on any atom is 0.240 e. The van der Waals surface area contributed by atoms with Crippen molar-refractivity contribution in [3.8, 4) is 0 Å². The molecule has 0 bridgehead atoms. The van der Waals surface area contributed by atoms with Crippen molar-refractivity contribution in [1.29, 1.82) is 0 Å². The average Bonchev–Trinajstić information content (AvgIpc) is 2.30. The van der Waals surface area contributed by atoms with Crippen molar-refractivity contribution < 1.29 is 8.42 Å². The van der Waals surface area contributed by atoms with Crippen molar-refractivity contribution in [3.05, 3.63) is 28.8 Å². The lowest BCUT2D eigenvalue weighted by Gasteiger charge is -2.14. The van der Waals surface area contributed by atoms with Gasteiger partial charge < -0.3 is 5.32 Å². The van der Waals surface area contributed by atoms with E-state index in [9.17, 15) is 8.42 Å². The van der Waals surface area contributed by atoms with Gasteiger partial charge in [-0.1, -0.05) is 19.9 Å². The highest BCUT2D eigenvalue weighted by Gasteiger charge is 2.18. The van der Waals surface area contributed by atoms with Gasteiger partial charge in [-0.3, -0.25) is 0 Å². The fourth-order valence-corrected chi connectivity index (χ4v) is 3.39. The van der Waals surface area contributed by atoms with E-state index < -0.39 is 10.0 Å². The molecule has 0 aliphatic carbocycles. The van der Waals surface area contributed by atoms with Crippen molar-refractivity contribution in [2.75, 3.05) is 13.6 Å². The SMILES string of the molecule is CNCc1cc(S(=O)(=O)NCC(C)C)c(C)cc1C. The summed E-state index contributed by atoms with van der Waals surface area (Å²) in [4.78, 5) is 0.379. The van der Waals surface area contributed by atoms with Gasteiger partial charge in [-0.2, -0.15) is 0 Å². The molecule has 0 saturated heterocycles. The Morgan fingerprint density at radius 3 is 2.32 bits per heavy atom. The molecule has 0 unspecified atom stereocenters. The summed E-state index contributed by atoms with van der Waals surface area (Å²) in [6, 6.07) is 3.69. The molecule has 4 nitrogen and oxygen atoms in total. The molecule has 2 N–H and O–H groups in total. The molecule has 0 heterocycles. The van der Waals surface area contributed by atoms with Crippen molar-refractivity contribution >= 4 is 10.0 Å². The Hall–Kier alpha value is -0.910. The minimum atomic E-state index is -3.42. The molecule has 0 aliphatic heterocycles. The summed E-state index contributed by atoms with van der Waals surface area (Å²) in [6.45, 7) is 8.92. The topological polar surface area (TPSA) is 58.2 Å². The first-order valence-electron chi connectivity index (χ1n) is 6.52. The van der Waals surface area contributed by atoms with Crippen molar-refractivity contribution in [1.82, 2.24) is 10.0 Å². The number of sulfonamides is 1. The Balaban J connectivity index is 3.15. The average molecular weight is 284 g/mol. The zero-order chi connectivity index (χ0) is 14.6. The van der Waals surface area contributed by atoms with E-state index in [0.29, 0.717) is 18.0 Å². The van der Waals surface area contributed by atoms with E-state index in [0.717, 1.165) is 16.7 Å². The zero-order valence-electron chi connectivity index (χ0n) is 12.4. The standard InChI is InChI=1S/C14H24N2O2S/c1-10(2)8-16-19(17,18)14-7-13(9-15-5)11(3)6-12(14)4/h6-7,10,15-16H,8-9H2,1-5H3. The molecule has 5 heteroatoms. The fraction of sp³-hybridized carbons (Fsp3) is 0.571. The second kappa shape index (κ2) is 6.50. The van der Waals surface area contributed by atoms with E-state index in [1.807, 2.05) is 40.8 Å². The third-order valence-electron chi connectivity index (χ3n) is 2.97. The van der Waals surface area contributed by atoms with Gasteiger partial charge in [-0.05, 0) is 49.6 Å². The molecule has 1 aromatic rings. The van der Waals surface area contributed by atoms with Gasteiger partial charge in [0, 0.05) is 13.1 Å². The van der Waals surface area contributed by atoms with Crippen molar-refractivity contribution in [2.24, 2.45) is 5.92 Å². The second-order valence-corrected chi connectivity index (χ2v) is 7.06. The maximum absolute atomic E-state index is 12.3. The predicted molar refractivity (Wildman–Crippen MR) is 78.7 cm³/mol. The van der Waals surface area contributed by atoms with Crippen LogP contribution in [0.4, 0.5) is 0 Å². The molecular formula is C14H24N2O2S. The molecule has 0 aromatic heterocycles. The predicted octanol–water partition coefficient (Wildman–Crippen LogP) is 1.96. The van der Waals surface area contributed by atoms with Gasteiger partial charge in [0.25, 0.3) is 0 Å². The molecule has 0 radical (unpaired) electrons. The van der Waals surface area contributed by atoms with Crippen molar-refractivity contribution in [2.45, 2.75) is 39.1 Å². The van der Waals surface area contributed by atoms with Crippen LogP contribution in [0.2, 0.25) is 0 Å². The first-order chi connectivity index (χ1) is 8.77. The van der Waals surface area contributed by atoms with E-state index in [4.69, 9.17) is 0 Å². The molecule has 0 amide bonds. The Kier molecular flexibility index (Phi) is 5.52. The lowest BCUT2D eigenvalue weighted by molar-refractivity contribution is 0.559. The normalized spacial score (nSPS) is 12.1. The zero-order valence-corrected chi connectivity index (χ0v) is 13.2. The highest BCUT2D eigenvalue weighted by atomic mass is 32.2. The smallest absolute Gasteiger partial charge is 0.240 e. The fourth-order valence-electron chi connectivity index (χ4n) is 1.90. The summed E-state index contributed by atoms with van der Waals surface area (Å²) in [5, 5.41) is 3.06. The molecule has 1 aromatic carbocycles. The Morgan fingerprint density at radius 1 is 1.16 bits per heavy atom. The van der Waals surface area contributed by atoms with Gasteiger partial charge in [0.1, 0.15) is 0 Å². The van der Waals surface area contributed by atoms with Gasteiger partial charge in [-0.15, -0.1) is 0 Å². The Bertz CT molecular complexity index is 537. The van der Waals surface area contributed by atoms with Gasteiger partial charge >= 0.3 is 0 Å². The lowest BCUT2D eigenvalue weighted by atomic mass is 10.1. The van der Waals surface area contributed by atoms with Crippen LogP contribution in [0.5, 0.6) is 0 Å². The molecule has 1 rings (SSSR count). The third kappa shape index (κ3) is 4.30. The summed E-state index contributed by atoms with van der Waals surface area (Å²) < 4.78 is 27.2. The first kappa shape index (κ1) is 16.1. The van der Waals surface area contributed by atoms with Crippen molar-refractivity contribution in [3.63, 3.8) is 0 Å². The summed E-state index contributed by atoms with van der Waals surface area (Å²) in [6.07, 6.45) is 0. The lowest BCUT2D eigenvalue weighted by Crippen LogP contribution is -2.28. The molecule has 19 heavy (non-hydrogen) atoms. The molecular weight excluding hydrogens is 260 g/mol. The highest BCUT2D eigenvalue weighted by Crippen LogP contribution is 2.20. The number of hydrogen-bond donors (Lipinski definition) is 2. The minimum Gasteiger partial charge on any atom is -0.316 e. The van der Waals surface area contributed by atoms with E-state index >= 15 is 0 Å². The van der Waals surface area contributed by atoms with Crippen LogP contribution in [0.25, 0.3) is 0 Å². The number of rotatable bonds is 6. The van der Waals surface area contributed by atoms with Crippen LogP contribution in [0.1, 0.15) is 30.5 Å². The highest BCUT2D eigenvalue weighted by molar-refractivity contribution is 7.89. The number of benzene rings is 1. The summed E-state index contributed by atoms with van der Waals surface area (Å²) in [5.74, 6) is 0.289. The molecule has 0 aliphatic rings. The summed E-state index contributed by atoms with van der Waals surface area (Å²) in [7, 11) is -1.57. The quantitative estimate of drug-likeness (QED) is 0.839. The van der Waals surface area contributed by atoms with Crippen LogP contribution in [0.15, 0.2) is 17.0 Å². The number of hydrogen-bond acceptors (Lipinski definition) is 3. The van der Waals surface area contributed by atoms with Crippen LogP contribution in [0, 0.1) is 19.8 Å². The second-order valence-electron chi connectivity index (χ2n) is 5.32. The van der Waals surface area contributed by atoms with E-state index in [1.54, 1.807) is 6.07 Å². The monoisotopic (exact) mass is 284 g/mol. The third-order valence-corrected chi connectivity index (χ3v) is 4.54. The molecule has 108 valence electrons. The largest absolute Gasteiger partial charge is 0.316 e. The molecule has 0 fully saturated rings. The van der Waals surface area contributed by atoms with Gasteiger partial charge in [-0.25, -0.2) is 13.1 Å².